The van der Waals surface area contributed by atoms with Crippen LogP contribution in [0.15, 0.2) is 36.4 Å². The van der Waals surface area contributed by atoms with Gasteiger partial charge < -0.3 is 9.64 Å². The summed E-state index contributed by atoms with van der Waals surface area (Å²) in [6.45, 7) is 3.33. The lowest BCUT2D eigenvalue weighted by Gasteiger charge is -2.30. The molecule has 1 saturated heterocycles. The number of benzene rings is 1. The van der Waals surface area contributed by atoms with Crippen LogP contribution in [0.2, 0.25) is 5.15 Å². The van der Waals surface area contributed by atoms with Crippen LogP contribution in [0, 0.1) is 0 Å². The normalized spacial score (nSPS) is 15.5. The Morgan fingerprint density at radius 3 is 2.53 bits per heavy atom. The smallest absolute Gasteiger partial charge is 0.151 e. The van der Waals surface area contributed by atoms with Crippen LogP contribution in [0.5, 0.6) is 0 Å². The summed E-state index contributed by atoms with van der Waals surface area (Å²) in [6, 6.07) is 11.9. The molecule has 1 aliphatic heterocycles. The average Bonchev–Trinajstić information content (AvgIpc) is 2.49. The Morgan fingerprint density at radius 2 is 1.79 bits per heavy atom. The van der Waals surface area contributed by atoms with Crippen LogP contribution in [-0.2, 0) is 4.74 Å². The first-order valence-electron chi connectivity index (χ1n) is 6.26. The van der Waals surface area contributed by atoms with Gasteiger partial charge in [-0.2, -0.15) is 0 Å². The third-order valence-electron chi connectivity index (χ3n) is 3.16. The third-order valence-corrected chi connectivity index (χ3v) is 3.37. The molecule has 2 heterocycles. The quantitative estimate of drug-likeness (QED) is 0.844. The predicted octanol–water partition coefficient (Wildman–Crippen LogP) is 2.63. The summed E-state index contributed by atoms with van der Waals surface area (Å²) >= 11 is 5.79. The molecular weight excluding hydrogens is 262 g/mol. The van der Waals surface area contributed by atoms with Gasteiger partial charge >= 0.3 is 0 Å². The number of rotatable bonds is 2. The minimum Gasteiger partial charge on any atom is -0.378 e. The van der Waals surface area contributed by atoms with Gasteiger partial charge in [0.1, 0.15) is 0 Å². The number of halogens is 1. The van der Waals surface area contributed by atoms with Crippen molar-refractivity contribution in [2.75, 3.05) is 31.2 Å². The standard InChI is InChI=1S/C14H14ClN3O/c15-14-6-5-12(16-17-14)11-3-1-2-4-13(11)18-7-9-19-10-8-18/h1-6H,7-10H2. The second-order valence-corrected chi connectivity index (χ2v) is 4.75. The molecule has 1 fully saturated rings. The van der Waals surface area contributed by atoms with Gasteiger partial charge in [0.25, 0.3) is 0 Å². The van der Waals surface area contributed by atoms with Crippen molar-refractivity contribution in [3.8, 4) is 11.3 Å². The molecule has 0 amide bonds. The summed E-state index contributed by atoms with van der Waals surface area (Å²) < 4.78 is 5.40. The Kier molecular flexibility index (Phi) is 3.62. The van der Waals surface area contributed by atoms with Gasteiger partial charge in [-0.05, 0) is 18.2 Å². The highest BCUT2D eigenvalue weighted by Crippen LogP contribution is 2.29. The van der Waals surface area contributed by atoms with Gasteiger partial charge in [0, 0.05) is 24.3 Å². The fourth-order valence-corrected chi connectivity index (χ4v) is 2.33. The van der Waals surface area contributed by atoms with E-state index in [1.807, 2.05) is 18.2 Å². The van der Waals surface area contributed by atoms with Crippen molar-refractivity contribution in [1.29, 1.82) is 0 Å². The van der Waals surface area contributed by atoms with E-state index in [1.165, 1.54) is 5.69 Å². The first-order valence-corrected chi connectivity index (χ1v) is 6.64. The van der Waals surface area contributed by atoms with Crippen molar-refractivity contribution in [3.63, 3.8) is 0 Å². The Bertz CT molecular complexity index is 553. The first kappa shape index (κ1) is 12.4. The van der Waals surface area contributed by atoms with E-state index >= 15 is 0 Å². The first-order chi connectivity index (χ1) is 9.34. The maximum absolute atomic E-state index is 5.79. The van der Waals surface area contributed by atoms with E-state index in [9.17, 15) is 0 Å². The van der Waals surface area contributed by atoms with E-state index in [0.717, 1.165) is 37.6 Å². The fourth-order valence-electron chi connectivity index (χ4n) is 2.23. The van der Waals surface area contributed by atoms with E-state index < -0.39 is 0 Å². The molecule has 0 saturated carbocycles. The number of para-hydroxylation sites is 1. The van der Waals surface area contributed by atoms with E-state index in [0.29, 0.717) is 5.15 Å². The van der Waals surface area contributed by atoms with E-state index in [1.54, 1.807) is 6.07 Å². The molecule has 98 valence electrons. The molecule has 4 nitrogen and oxygen atoms in total. The molecular formula is C14H14ClN3O. The van der Waals surface area contributed by atoms with Crippen LogP contribution in [0.4, 0.5) is 5.69 Å². The van der Waals surface area contributed by atoms with Crippen LogP contribution >= 0.6 is 11.6 Å². The lowest BCUT2D eigenvalue weighted by Crippen LogP contribution is -2.36. The molecule has 1 aromatic carbocycles. The number of morpholine rings is 1. The molecule has 0 atom stereocenters. The fraction of sp³-hybridized carbons (Fsp3) is 0.286. The molecule has 0 spiro atoms. The van der Waals surface area contributed by atoms with Crippen molar-refractivity contribution < 1.29 is 4.74 Å². The zero-order chi connectivity index (χ0) is 13.1. The molecule has 0 N–H and O–H groups in total. The Hall–Kier alpha value is -1.65. The van der Waals surface area contributed by atoms with Gasteiger partial charge in [0.2, 0.25) is 0 Å². The van der Waals surface area contributed by atoms with Crippen molar-refractivity contribution >= 4 is 17.3 Å². The third kappa shape index (κ3) is 2.69. The highest BCUT2D eigenvalue weighted by molar-refractivity contribution is 6.29. The second-order valence-electron chi connectivity index (χ2n) is 4.36. The maximum Gasteiger partial charge on any atom is 0.151 e. The monoisotopic (exact) mass is 275 g/mol. The number of ether oxygens (including phenoxy) is 1. The molecule has 1 aliphatic rings. The molecule has 1 aromatic heterocycles. The summed E-state index contributed by atoms with van der Waals surface area (Å²) in [5.74, 6) is 0. The molecule has 0 bridgehead atoms. The zero-order valence-electron chi connectivity index (χ0n) is 10.4. The number of nitrogens with zero attached hydrogens (tertiary/aromatic N) is 3. The van der Waals surface area contributed by atoms with Crippen LogP contribution in [-0.4, -0.2) is 36.5 Å². The Labute approximate surface area is 117 Å². The number of aromatic nitrogens is 2. The molecule has 2 aromatic rings. The molecule has 0 radical (unpaired) electrons. The maximum atomic E-state index is 5.79. The predicted molar refractivity (Wildman–Crippen MR) is 75.5 cm³/mol. The molecule has 0 aliphatic carbocycles. The van der Waals surface area contributed by atoms with Gasteiger partial charge in [-0.1, -0.05) is 29.8 Å². The van der Waals surface area contributed by atoms with Crippen LogP contribution in [0.1, 0.15) is 0 Å². The van der Waals surface area contributed by atoms with Gasteiger partial charge in [-0.25, -0.2) is 0 Å². The topological polar surface area (TPSA) is 38.2 Å². The van der Waals surface area contributed by atoms with E-state index in [4.69, 9.17) is 16.3 Å². The minimum atomic E-state index is 0.410. The highest BCUT2D eigenvalue weighted by atomic mass is 35.5. The number of anilines is 1. The summed E-state index contributed by atoms with van der Waals surface area (Å²) in [5, 5.41) is 8.49. The van der Waals surface area contributed by atoms with Crippen molar-refractivity contribution in [1.82, 2.24) is 10.2 Å². The summed E-state index contributed by atoms with van der Waals surface area (Å²) in [7, 11) is 0. The summed E-state index contributed by atoms with van der Waals surface area (Å²) in [5.41, 5.74) is 3.09. The average molecular weight is 276 g/mol. The number of hydrogen-bond acceptors (Lipinski definition) is 4. The lowest BCUT2D eigenvalue weighted by atomic mass is 10.1. The van der Waals surface area contributed by atoms with Gasteiger partial charge in [0.15, 0.2) is 5.15 Å². The molecule has 19 heavy (non-hydrogen) atoms. The molecule has 3 rings (SSSR count). The van der Waals surface area contributed by atoms with Crippen LogP contribution in [0.3, 0.4) is 0 Å². The van der Waals surface area contributed by atoms with Gasteiger partial charge in [-0.3, -0.25) is 0 Å². The number of hydrogen-bond donors (Lipinski definition) is 0. The van der Waals surface area contributed by atoms with E-state index in [-0.39, 0.29) is 0 Å². The van der Waals surface area contributed by atoms with Crippen molar-refractivity contribution in [3.05, 3.63) is 41.6 Å². The van der Waals surface area contributed by atoms with Crippen molar-refractivity contribution in [2.45, 2.75) is 0 Å². The Morgan fingerprint density at radius 1 is 1.00 bits per heavy atom. The Balaban J connectivity index is 1.98. The summed E-state index contributed by atoms with van der Waals surface area (Å²) in [6.07, 6.45) is 0. The van der Waals surface area contributed by atoms with Crippen LogP contribution in [0.25, 0.3) is 11.3 Å². The molecule has 5 heteroatoms. The minimum absolute atomic E-state index is 0.410. The lowest BCUT2D eigenvalue weighted by molar-refractivity contribution is 0.123. The second kappa shape index (κ2) is 5.55. The van der Waals surface area contributed by atoms with Crippen LogP contribution < -0.4 is 4.90 Å². The largest absolute Gasteiger partial charge is 0.378 e. The van der Waals surface area contributed by atoms with Gasteiger partial charge in [-0.15, -0.1) is 10.2 Å². The zero-order valence-corrected chi connectivity index (χ0v) is 11.2. The molecule has 0 unspecified atom stereocenters. The van der Waals surface area contributed by atoms with Crippen molar-refractivity contribution in [2.24, 2.45) is 0 Å². The summed E-state index contributed by atoms with van der Waals surface area (Å²) in [4.78, 5) is 2.31. The van der Waals surface area contributed by atoms with Gasteiger partial charge in [0.05, 0.1) is 18.9 Å². The van der Waals surface area contributed by atoms with E-state index in [2.05, 4.69) is 27.2 Å². The SMILES string of the molecule is Clc1ccc(-c2ccccc2N2CCOCC2)nn1. The highest BCUT2D eigenvalue weighted by Gasteiger charge is 2.15.